The summed E-state index contributed by atoms with van der Waals surface area (Å²) < 4.78 is 5.55. The van der Waals surface area contributed by atoms with Crippen LogP contribution in [0.2, 0.25) is 0 Å². The predicted octanol–water partition coefficient (Wildman–Crippen LogP) is 1.46. The number of hydrogen-bond donors (Lipinski definition) is 1. The lowest BCUT2D eigenvalue weighted by Crippen LogP contribution is -2.35. The summed E-state index contributed by atoms with van der Waals surface area (Å²) in [6.07, 6.45) is 4.62. The Balaban J connectivity index is 2.39. The molecule has 1 aliphatic heterocycles. The molecule has 0 radical (unpaired) electrons. The first-order chi connectivity index (χ1) is 5.24. The van der Waals surface area contributed by atoms with Gasteiger partial charge in [0.25, 0.3) is 0 Å². The lowest BCUT2D eigenvalue weighted by molar-refractivity contribution is 0.0275. The van der Waals surface area contributed by atoms with Crippen molar-refractivity contribution in [2.75, 3.05) is 6.61 Å². The molecule has 0 aliphatic carbocycles. The Morgan fingerprint density at radius 3 is 2.73 bits per heavy atom. The second-order valence-electron chi connectivity index (χ2n) is 3.19. The van der Waals surface area contributed by atoms with E-state index in [0.717, 1.165) is 19.4 Å². The number of hydrogen-bond acceptors (Lipinski definition) is 2. The van der Waals surface area contributed by atoms with E-state index in [4.69, 9.17) is 10.5 Å². The Kier molecular flexibility index (Phi) is 3.09. The van der Waals surface area contributed by atoms with E-state index in [9.17, 15) is 0 Å². The van der Waals surface area contributed by atoms with Crippen LogP contribution in [0, 0.1) is 0 Å². The average Bonchev–Trinajstić information content (AvgIpc) is 2.05. The van der Waals surface area contributed by atoms with Gasteiger partial charge < -0.3 is 10.5 Å². The Labute approximate surface area is 68.4 Å². The van der Waals surface area contributed by atoms with E-state index in [1.807, 2.05) is 6.92 Å². The third-order valence-corrected chi connectivity index (χ3v) is 2.27. The maximum Gasteiger partial charge on any atom is 0.0783 e. The van der Waals surface area contributed by atoms with Crippen molar-refractivity contribution in [3.63, 3.8) is 0 Å². The normalized spacial score (nSPS) is 33.9. The van der Waals surface area contributed by atoms with Gasteiger partial charge in [-0.15, -0.1) is 0 Å². The van der Waals surface area contributed by atoms with Crippen LogP contribution in [0.15, 0.2) is 11.6 Å². The van der Waals surface area contributed by atoms with Crippen LogP contribution < -0.4 is 5.73 Å². The molecule has 0 aromatic rings. The molecule has 1 aliphatic rings. The van der Waals surface area contributed by atoms with Crippen molar-refractivity contribution >= 4 is 0 Å². The van der Waals surface area contributed by atoms with E-state index in [1.165, 1.54) is 5.57 Å². The first-order valence-corrected chi connectivity index (χ1v) is 4.24. The van der Waals surface area contributed by atoms with Gasteiger partial charge in [-0.25, -0.2) is 0 Å². The summed E-state index contributed by atoms with van der Waals surface area (Å²) >= 11 is 0. The molecule has 1 heterocycles. The zero-order valence-electron chi connectivity index (χ0n) is 7.34. The van der Waals surface area contributed by atoms with Gasteiger partial charge in [0.05, 0.1) is 12.7 Å². The molecule has 2 nitrogen and oxygen atoms in total. The fourth-order valence-corrected chi connectivity index (χ4v) is 1.32. The molecule has 0 unspecified atom stereocenters. The van der Waals surface area contributed by atoms with Crippen LogP contribution in [0.5, 0.6) is 0 Å². The van der Waals surface area contributed by atoms with Crippen molar-refractivity contribution in [1.82, 2.24) is 0 Å². The molecule has 0 aromatic heterocycles. The maximum atomic E-state index is 5.69. The molecule has 1 rings (SSSR count). The standard InChI is InChI=1S/C9H17NO/c1-3-7(2)9-5-4-8(10)6-11-9/h3,8-9H,4-6,10H2,1-2H3/b7-3-/t8-,9-/m1/s1. The van der Waals surface area contributed by atoms with Crippen molar-refractivity contribution < 1.29 is 4.74 Å². The van der Waals surface area contributed by atoms with Gasteiger partial charge in [-0.3, -0.25) is 0 Å². The molecule has 2 atom stereocenters. The van der Waals surface area contributed by atoms with Gasteiger partial charge in [-0.2, -0.15) is 0 Å². The molecule has 11 heavy (non-hydrogen) atoms. The summed E-state index contributed by atoms with van der Waals surface area (Å²) in [6, 6.07) is 0.260. The van der Waals surface area contributed by atoms with Crippen molar-refractivity contribution in [1.29, 1.82) is 0 Å². The third kappa shape index (κ3) is 2.31. The fraction of sp³-hybridized carbons (Fsp3) is 0.778. The highest BCUT2D eigenvalue weighted by molar-refractivity contribution is 5.04. The van der Waals surface area contributed by atoms with Gasteiger partial charge in [0.1, 0.15) is 0 Å². The van der Waals surface area contributed by atoms with Gasteiger partial charge in [0.15, 0.2) is 0 Å². The summed E-state index contributed by atoms with van der Waals surface area (Å²) in [6.45, 7) is 4.88. The molecule has 0 aromatic carbocycles. The molecule has 2 heteroatoms. The van der Waals surface area contributed by atoms with Crippen molar-refractivity contribution in [2.45, 2.75) is 38.8 Å². The summed E-state index contributed by atoms with van der Waals surface area (Å²) in [5.41, 5.74) is 7.02. The molecule has 1 saturated heterocycles. The lowest BCUT2D eigenvalue weighted by Gasteiger charge is -2.27. The summed E-state index contributed by atoms with van der Waals surface area (Å²) in [7, 11) is 0. The Morgan fingerprint density at radius 1 is 1.55 bits per heavy atom. The molecule has 2 N–H and O–H groups in total. The maximum absolute atomic E-state index is 5.69. The molecule has 1 fully saturated rings. The Bertz CT molecular complexity index is 146. The minimum atomic E-state index is 0.260. The molecule has 0 saturated carbocycles. The number of allylic oxidation sites excluding steroid dienone is 1. The lowest BCUT2D eigenvalue weighted by atomic mass is 10.0. The van der Waals surface area contributed by atoms with Crippen LogP contribution in [0.4, 0.5) is 0 Å². The molecular formula is C9H17NO. The summed E-state index contributed by atoms with van der Waals surface area (Å²) in [4.78, 5) is 0. The highest BCUT2D eigenvalue weighted by Crippen LogP contribution is 2.18. The van der Waals surface area contributed by atoms with E-state index in [2.05, 4.69) is 13.0 Å². The fourth-order valence-electron chi connectivity index (χ4n) is 1.32. The third-order valence-electron chi connectivity index (χ3n) is 2.27. The van der Waals surface area contributed by atoms with Gasteiger partial charge in [0.2, 0.25) is 0 Å². The van der Waals surface area contributed by atoms with Crippen LogP contribution in [0.1, 0.15) is 26.7 Å². The summed E-state index contributed by atoms with van der Waals surface area (Å²) in [5, 5.41) is 0. The topological polar surface area (TPSA) is 35.2 Å². The average molecular weight is 155 g/mol. The van der Waals surface area contributed by atoms with E-state index in [1.54, 1.807) is 0 Å². The second-order valence-corrected chi connectivity index (χ2v) is 3.19. The molecule has 0 spiro atoms. The molecular weight excluding hydrogens is 138 g/mol. The smallest absolute Gasteiger partial charge is 0.0783 e. The highest BCUT2D eigenvalue weighted by Gasteiger charge is 2.19. The largest absolute Gasteiger partial charge is 0.372 e. The Hall–Kier alpha value is -0.340. The van der Waals surface area contributed by atoms with E-state index in [0.29, 0.717) is 6.10 Å². The van der Waals surface area contributed by atoms with Crippen molar-refractivity contribution in [3.05, 3.63) is 11.6 Å². The van der Waals surface area contributed by atoms with Crippen molar-refractivity contribution in [3.8, 4) is 0 Å². The van der Waals surface area contributed by atoms with Crippen LogP contribution in [-0.4, -0.2) is 18.8 Å². The summed E-state index contributed by atoms with van der Waals surface area (Å²) in [5.74, 6) is 0. The van der Waals surface area contributed by atoms with Crippen LogP contribution in [-0.2, 0) is 4.74 Å². The van der Waals surface area contributed by atoms with Crippen LogP contribution >= 0.6 is 0 Å². The first kappa shape index (κ1) is 8.75. The van der Waals surface area contributed by atoms with E-state index in [-0.39, 0.29) is 6.04 Å². The SMILES string of the molecule is C/C=C(/C)[C@H]1CC[C@@H](N)CO1. The van der Waals surface area contributed by atoms with Gasteiger partial charge >= 0.3 is 0 Å². The van der Waals surface area contributed by atoms with Crippen LogP contribution in [0.25, 0.3) is 0 Å². The van der Waals surface area contributed by atoms with Crippen LogP contribution in [0.3, 0.4) is 0 Å². The molecule has 64 valence electrons. The zero-order chi connectivity index (χ0) is 8.27. The van der Waals surface area contributed by atoms with Gasteiger partial charge in [0, 0.05) is 6.04 Å². The molecule has 0 amide bonds. The van der Waals surface area contributed by atoms with E-state index < -0.39 is 0 Å². The Morgan fingerprint density at radius 2 is 2.27 bits per heavy atom. The zero-order valence-corrected chi connectivity index (χ0v) is 7.34. The second kappa shape index (κ2) is 3.88. The number of nitrogens with two attached hydrogens (primary N) is 1. The predicted molar refractivity (Wildman–Crippen MR) is 46.4 cm³/mol. The number of ether oxygens (including phenoxy) is 1. The van der Waals surface area contributed by atoms with Gasteiger partial charge in [-0.05, 0) is 32.3 Å². The first-order valence-electron chi connectivity index (χ1n) is 4.24. The van der Waals surface area contributed by atoms with Crippen molar-refractivity contribution in [2.24, 2.45) is 5.73 Å². The minimum absolute atomic E-state index is 0.260. The number of rotatable bonds is 1. The monoisotopic (exact) mass is 155 g/mol. The quantitative estimate of drug-likeness (QED) is 0.582. The molecule has 0 bridgehead atoms. The highest BCUT2D eigenvalue weighted by atomic mass is 16.5. The van der Waals surface area contributed by atoms with Gasteiger partial charge in [-0.1, -0.05) is 6.08 Å². The van der Waals surface area contributed by atoms with E-state index >= 15 is 0 Å². The minimum Gasteiger partial charge on any atom is -0.372 e.